The molecule has 8 heteroatoms. The second-order valence-corrected chi connectivity index (χ2v) is 9.74. The number of carbonyl (C=O) groups excluding carboxylic acids is 1. The smallest absolute Gasteiger partial charge is 0.338 e. The number of hydrogen-bond acceptors (Lipinski definition) is 7. The number of aliphatic imine (C=N–C) groups is 1. The number of hydrogen-bond donors (Lipinski definition) is 2. The monoisotopic (exact) mass is 499 g/mol. The van der Waals surface area contributed by atoms with Crippen molar-refractivity contribution in [1.82, 2.24) is 5.32 Å². The maximum absolute atomic E-state index is 13.2. The fourth-order valence-corrected chi connectivity index (χ4v) is 5.33. The van der Waals surface area contributed by atoms with Crippen LogP contribution in [0.25, 0.3) is 0 Å². The quantitative estimate of drug-likeness (QED) is 0.382. The number of aliphatic hydroxyl groups excluding tert-OH is 1. The molecule has 2 N–H and O–H groups in total. The van der Waals surface area contributed by atoms with Crippen LogP contribution in [0.2, 0.25) is 5.02 Å². The molecule has 0 saturated carbocycles. The number of esters is 1. The van der Waals surface area contributed by atoms with Crippen LogP contribution in [0.1, 0.15) is 49.9 Å². The number of amidine groups is 1. The number of aliphatic hydroxyl groups is 1. The molecule has 2 aliphatic rings. The lowest BCUT2D eigenvalue weighted by Gasteiger charge is -2.35. The van der Waals surface area contributed by atoms with Gasteiger partial charge in [-0.25, -0.2) is 9.79 Å². The average Bonchev–Trinajstić information content (AvgIpc) is 2.78. The Labute approximate surface area is 210 Å². The Morgan fingerprint density at radius 1 is 1.26 bits per heavy atom. The van der Waals surface area contributed by atoms with E-state index in [0.717, 1.165) is 35.1 Å². The summed E-state index contributed by atoms with van der Waals surface area (Å²) in [4.78, 5) is 20.2. The van der Waals surface area contributed by atoms with E-state index in [4.69, 9.17) is 21.3 Å². The third-order valence-corrected chi connectivity index (χ3v) is 7.28. The van der Waals surface area contributed by atoms with Gasteiger partial charge >= 0.3 is 5.97 Å². The number of nitrogens with zero attached hydrogens (tertiary/aromatic N) is 2. The summed E-state index contributed by atoms with van der Waals surface area (Å²) >= 11 is 7.85. The van der Waals surface area contributed by atoms with Gasteiger partial charge in [0.2, 0.25) is 0 Å². The van der Waals surface area contributed by atoms with Crippen LogP contribution in [0, 0.1) is 0 Å². The summed E-state index contributed by atoms with van der Waals surface area (Å²) in [5.41, 5.74) is 4.29. The Kier molecular flexibility index (Phi) is 8.32. The van der Waals surface area contributed by atoms with Crippen molar-refractivity contribution in [3.63, 3.8) is 0 Å². The van der Waals surface area contributed by atoms with Crippen molar-refractivity contribution in [3.8, 4) is 0 Å². The summed E-state index contributed by atoms with van der Waals surface area (Å²) in [7, 11) is 0. The highest BCUT2D eigenvalue weighted by molar-refractivity contribution is 8.14. The van der Waals surface area contributed by atoms with E-state index in [1.54, 1.807) is 18.7 Å². The largest absolute Gasteiger partial charge is 0.463 e. The molecule has 0 aliphatic carbocycles. The van der Waals surface area contributed by atoms with E-state index in [0.29, 0.717) is 28.8 Å². The van der Waals surface area contributed by atoms with Gasteiger partial charge in [0.05, 0.1) is 12.2 Å². The molecule has 6 nitrogen and oxygen atoms in total. The van der Waals surface area contributed by atoms with Gasteiger partial charge in [-0.3, -0.25) is 4.90 Å². The molecule has 0 aromatic heterocycles. The maximum atomic E-state index is 13.2. The molecular formula is C26H30ClN3O3S. The van der Waals surface area contributed by atoms with Crippen molar-refractivity contribution < 1.29 is 14.6 Å². The van der Waals surface area contributed by atoms with Crippen LogP contribution in [0.3, 0.4) is 0 Å². The van der Waals surface area contributed by atoms with Crippen molar-refractivity contribution in [3.05, 3.63) is 76.0 Å². The molecule has 2 aliphatic heterocycles. The first kappa shape index (κ1) is 24.8. The first-order valence-electron chi connectivity index (χ1n) is 11.6. The number of allylic oxidation sites excluding steroid dienone is 1. The standard InChI is InChI=1S/C26H30ClN3O3S/c1-3-33-25(32)23-17(2)30(21-7-4-6-20(27)16-21)26(34-15-5-14-31)29-24(23)19-10-8-18(9-11-19)22-12-13-28-22/h4,6-11,16,22,24,28,31H,3,5,12-15H2,1-2H3. The fourth-order valence-electron chi connectivity index (χ4n) is 4.14. The lowest BCUT2D eigenvalue weighted by molar-refractivity contribution is -0.138. The highest BCUT2D eigenvalue weighted by Crippen LogP contribution is 2.40. The molecule has 0 spiro atoms. The minimum Gasteiger partial charge on any atom is -0.463 e. The molecule has 0 amide bonds. The molecule has 2 aromatic carbocycles. The summed E-state index contributed by atoms with van der Waals surface area (Å²) in [6.45, 7) is 5.17. The summed E-state index contributed by atoms with van der Waals surface area (Å²) in [5, 5.41) is 14.1. The van der Waals surface area contributed by atoms with Crippen molar-refractivity contribution in [1.29, 1.82) is 0 Å². The van der Waals surface area contributed by atoms with Gasteiger partial charge in [0.1, 0.15) is 6.04 Å². The number of halogens is 1. The third-order valence-electron chi connectivity index (χ3n) is 6.00. The lowest BCUT2D eigenvalue weighted by Crippen LogP contribution is -2.36. The summed E-state index contributed by atoms with van der Waals surface area (Å²) < 4.78 is 5.47. The molecule has 1 saturated heterocycles. The van der Waals surface area contributed by atoms with Gasteiger partial charge in [-0.2, -0.15) is 0 Å². The molecule has 1 fully saturated rings. The molecule has 0 radical (unpaired) electrons. The minimum atomic E-state index is -0.477. The first-order valence-corrected chi connectivity index (χ1v) is 13.0. The molecule has 2 unspecified atom stereocenters. The fraction of sp³-hybridized carbons (Fsp3) is 0.385. The predicted molar refractivity (Wildman–Crippen MR) is 139 cm³/mol. The summed E-state index contributed by atoms with van der Waals surface area (Å²) in [5.74, 6) is 0.331. The topological polar surface area (TPSA) is 74.2 Å². The number of carbonyl (C=O) groups is 1. The van der Waals surface area contributed by atoms with Crippen molar-refractivity contribution >= 4 is 40.2 Å². The molecule has 2 atom stereocenters. The highest BCUT2D eigenvalue weighted by Gasteiger charge is 2.35. The van der Waals surface area contributed by atoms with E-state index in [1.807, 2.05) is 36.1 Å². The van der Waals surface area contributed by atoms with E-state index in [9.17, 15) is 9.90 Å². The van der Waals surface area contributed by atoms with Crippen molar-refractivity contribution in [2.75, 3.05) is 30.4 Å². The lowest BCUT2D eigenvalue weighted by atomic mass is 9.92. The molecule has 0 bridgehead atoms. The van der Waals surface area contributed by atoms with Gasteiger partial charge in [-0.15, -0.1) is 0 Å². The van der Waals surface area contributed by atoms with Gasteiger partial charge in [-0.05, 0) is 62.6 Å². The van der Waals surface area contributed by atoms with Crippen LogP contribution in [0.5, 0.6) is 0 Å². The Bertz CT molecular complexity index is 1080. The van der Waals surface area contributed by atoms with Crippen LogP contribution in [-0.4, -0.2) is 41.8 Å². The average molecular weight is 500 g/mol. The number of thioether (sulfide) groups is 1. The number of nitrogens with one attached hydrogen (secondary N) is 1. The SMILES string of the molecule is CCOC(=O)C1=C(C)N(c2cccc(Cl)c2)C(SCCCO)=NC1c1ccc(C2CCN2)cc1. The van der Waals surface area contributed by atoms with Gasteiger partial charge in [0, 0.05) is 34.8 Å². The highest BCUT2D eigenvalue weighted by atomic mass is 35.5. The van der Waals surface area contributed by atoms with Crippen LogP contribution in [0.15, 0.2) is 64.8 Å². The van der Waals surface area contributed by atoms with E-state index < -0.39 is 6.04 Å². The van der Waals surface area contributed by atoms with Crippen molar-refractivity contribution in [2.45, 2.75) is 38.8 Å². The number of benzene rings is 2. The van der Waals surface area contributed by atoms with Gasteiger partial charge in [-0.1, -0.05) is 53.7 Å². The van der Waals surface area contributed by atoms with Crippen LogP contribution in [0.4, 0.5) is 5.69 Å². The van der Waals surface area contributed by atoms with Gasteiger partial charge < -0.3 is 15.2 Å². The second kappa shape index (κ2) is 11.4. The normalized spacial score (nSPS) is 20.1. The van der Waals surface area contributed by atoms with E-state index in [-0.39, 0.29) is 19.2 Å². The van der Waals surface area contributed by atoms with Gasteiger partial charge in [0.25, 0.3) is 0 Å². The van der Waals surface area contributed by atoms with E-state index in [1.165, 1.54) is 5.56 Å². The zero-order chi connectivity index (χ0) is 24.1. The molecule has 180 valence electrons. The zero-order valence-corrected chi connectivity index (χ0v) is 21.0. The van der Waals surface area contributed by atoms with Crippen LogP contribution < -0.4 is 10.2 Å². The third kappa shape index (κ3) is 5.33. The Morgan fingerprint density at radius 2 is 2.00 bits per heavy atom. The first-order chi connectivity index (χ1) is 16.5. The summed E-state index contributed by atoms with van der Waals surface area (Å²) in [6.07, 6.45) is 1.78. The molecule has 4 rings (SSSR count). The number of ether oxygens (including phenoxy) is 1. The summed E-state index contributed by atoms with van der Waals surface area (Å²) in [6, 6.07) is 15.8. The van der Waals surface area contributed by atoms with Crippen LogP contribution >= 0.6 is 23.4 Å². The molecule has 34 heavy (non-hydrogen) atoms. The predicted octanol–water partition coefficient (Wildman–Crippen LogP) is 5.24. The second-order valence-electron chi connectivity index (χ2n) is 8.24. The Hall–Kier alpha value is -2.32. The van der Waals surface area contributed by atoms with E-state index >= 15 is 0 Å². The van der Waals surface area contributed by atoms with Gasteiger partial charge in [0.15, 0.2) is 5.17 Å². The number of rotatable bonds is 8. The molecule has 2 heterocycles. The maximum Gasteiger partial charge on any atom is 0.338 e. The molecule has 2 aromatic rings. The van der Waals surface area contributed by atoms with Crippen molar-refractivity contribution in [2.24, 2.45) is 4.99 Å². The zero-order valence-electron chi connectivity index (χ0n) is 19.5. The minimum absolute atomic E-state index is 0.112. The molecular weight excluding hydrogens is 470 g/mol. The number of anilines is 1. The van der Waals surface area contributed by atoms with Crippen LogP contribution in [-0.2, 0) is 9.53 Å². The Balaban J connectivity index is 1.78. The Morgan fingerprint density at radius 3 is 2.62 bits per heavy atom. The van der Waals surface area contributed by atoms with E-state index in [2.05, 4.69) is 29.6 Å².